The first-order valence-electron chi connectivity index (χ1n) is 19.0. The first-order chi connectivity index (χ1) is 25.0. The summed E-state index contributed by atoms with van der Waals surface area (Å²) in [6, 6.07) is 30.6. The van der Waals surface area contributed by atoms with Crippen LogP contribution in [-0.2, 0) is 18.3 Å². The Morgan fingerprint density at radius 1 is 0.692 bits per heavy atom. The predicted molar refractivity (Wildman–Crippen MR) is 218 cm³/mol. The number of nitrogens with zero attached hydrogens (tertiary/aromatic N) is 4. The molecule has 266 valence electrons. The summed E-state index contributed by atoms with van der Waals surface area (Å²) in [4.78, 5) is 4.85. The molecule has 52 heavy (non-hydrogen) atoms. The van der Waals surface area contributed by atoms with E-state index in [4.69, 9.17) is 14.8 Å². The summed E-state index contributed by atoms with van der Waals surface area (Å²) < 4.78 is 11.3. The Bertz CT molecular complexity index is 2400. The minimum absolute atomic E-state index is 0.0988. The molecule has 0 amide bonds. The lowest BCUT2D eigenvalue weighted by molar-refractivity contribution is 0.478. The molecule has 0 bridgehead atoms. The molecule has 0 atom stereocenters. The molecule has 7 rings (SSSR count). The highest BCUT2D eigenvalue weighted by Gasteiger charge is 2.24. The van der Waals surface area contributed by atoms with Crippen LogP contribution in [0.15, 0.2) is 91.1 Å². The summed E-state index contributed by atoms with van der Waals surface area (Å²) in [7, 11) is 0. The van der Waals surface area contributed by atoms with Gasteiger partial charge in [0.05, 0.1) is 28.1 Å². The van der Waals surface area contributed by atoms with Gasteiger partial charge in [0.15, 0.2) is 0 Å². The van der Waals surface area contributed by atoms with Gasteiger partial charge in [-0.05, 0) is 123 Å². The van der Waals surface area contributed by atoms with Crippen LogP contribution in [0.25, 0.3) is 44.4 Å². The van der Waals surface area contributed by atoms with Gasteiger partial charge in [0.2, 0.25) is 0 Å². The molecule has 0 N–H and O–H groups in total. The highest BCUT2D eigenvalue weighted by molar-refractivity contribution is 6.09. The SMILES string of the molecule is CCCCc1c(-c2c(C)cc(C)cc2C)c(C)nn1-c1cc(Oc2ccc3c4ccccc4n(-c4cc(CCC)ccn4)c3c2)cc(C(C)(C)C)c1. The van der Waals surface area contributed by atoms with Gasteiger partial charge in [-0.15, -0.1) is 0 Å². The molecule has 3 aromatic heterocycles. The molecule has 0 radical (unpaired) electrons. The molecule has 7 aromatic rings. The van der Waals surface area contributed by atoms with Crippen molar-refractivity contribution >= 4 is 21.8 Å². The number of pyridine rings is 1. The number of aryl methyl sites for hydroxylation is 5. The molecule has 0 aliphatic carbocycles. The second-order valence-electron chi connectivity index (χ2n) is 15.6. The molecule has 5 nitrogen and oxygen atoms in total. The van der Waals surface area contributed by atoms with Gasteiger partial charge >= 0.3 is 0 Å². The van der Waals surface area contributed by atoms with Crippen molar-refractivity contribution < 1.29 is 4.74 Å². The third-order valence-electron chi connectivity index (χ3n) is 10.3. The number of benzene rings is 4. The van der Waals surface area contributed by atoms with Crippen molar-refractivity contribution in [1.29, 1.82) is 0 Å². The van der Waals surface area contributed by atoms with E-state index in [1.807, 2.05) is 6.20 Å². The van der Waals surface area contributed by atoms with Gasteiger partial charge < -0.3 is 4.74 Å². The number of hydrogen-bond acceptors (Lipinski definition) is 3. The summed E-state index contributed by atoms with van der Waals surface area (Å²) in [5.41, 5.74) is 14.4. The number of aromatic nitrogens is 4. The normalized spacial score (nSPS) is 11.9. The minimum atomic E-state index is -0.0988. The van der Waals surface area contributed by atoms with Gasteiger partial charge in [-0.3, -0.25) is 4.57 Å². The van der Waals surface area contributed by atoms with Crippen molar-refractivity contribution in [1.82, 2.24) is 19.3 Å². The van der Waals surface area contributed by atoms with Crippen LogP contribution in [0.5, 0.6) is 11.5 Å². The fourth-order valence-corrected chi connectivity index (χ4v) is 7.88. The van der Waals surface area contributed by atoms with Gasteiger partial charge in [0.1, 0.15) is 17.3 Å². The zero-order chi connectivity index (χ0) is 36.7. The van der Waals surface area contributed by atoms with Crippen LogP contribution in [-0.4, -0.2) is 19.3 Å². The topological polar surface area (TPSA) is 44.9 Å². The first-order valence-corrected chi connectivity index (χ1v) is 19.0. The monoisotopic (exact) mass is 688 g/mol. The smallest absolute Gasteiger partial charge is 0.137 e. The lowest BCUT2D eigenvalue weighted by Crippen LogP contribution is -2.13. The molecule has 0 unspecified atom stereocenters. The summed E-state index contributed by atoms with van der Waals surface area (Å²) in [5, 5.41) is 7.65. The molecule has 4 aromatic carbocycles. The van der Waals surface area contributed by atoms with E-state index in [2.05, 4.69) is 156 Å². The third kappa shape index (κ3) is 6.65. The molecule has 5 heteroatoms. The number of para-hydroxylation sites is 1. The van der Waals surface area contributed by atoms with Crippen LogP contribution in [0.4, 0.5) is 0 Å². The quantitative estimate of drug-likeness (QED) is 0.144. The van der Waals surface area contributed by atoms with Crippen LogP contribution in [0, 0.1) is 27.7 Å². The van der Waals surface area contributed by atoms with E-state index in [1.165, 1.54) is 55.4 Å². The first kappa shape index (κ1) is 35.3. The Morgan fingerprint density at radius 3 is 2.17 bits per heavy atom. The Balaban J connectivity index is 1.37. The van der Waals surface area contributed by atoms with Crippen molar-refractivity contribution in [2.75, 3.05) is 0 Å². The molecular weight excluding hydrogens is 637 g/mol. The summed E-state index contributed by atoms with van der Waals surface area (Å²) in [6.07, 6.45) is 7.20. The van der Waals surface area contributed by atoms with E-state index in [0.29, 0.717) is 0 Å². The fourth-order valence-electron chi connectivity index (χ4n) is 7.88. The van der Waals surface area contributed by atoms with E-state index in [0.717, 1.165) is 71.8 Å². The van der Waals surface area contributed by atoms with Crippen LogP contribution in [0.3, 0.4) is 0 Å². The van der Waals surface area contributed by atoms with E-state index in [-0.39, 0.29) is 5.41 Å². The second kappa shape index (κ2) is 14.1. The highest BCUT2D eigenvalue weighted by Crippen LogP contribution is 2.39. The molecule has 0 spiro atoms. The van der Waals surface area contributed by atoms with Gasteiger partial charge in [-0.1, -0.05) is 83.4 Å². The third-order valence-corrected chi connectivity index (χ3v) is 10.3. The van der Waals surface area contributed by atoms with Gasteiger partial charge in [0, 0.05) is 34.7 Å². The van der Waals surface area contributed by atoms with Gasteiger partial charge in [-0.2, -0.15) is 5.10 Å². The predicted octanol–water partition coefficient (Wildman–Crippen LogP) is 12.6. The van der Waals surface area contributed by atoms with E-state index < -0.39 is 0 Å². The average Bonchev–Trinajstić information content (AvgIpc) is 3.60. The lowest BCUT2D eigenvalue weighted by Gasteiger charge is -2.22. The molecule has 0 saturated heterocycles. The molecule has 0 saturated carbocycles. The standard InChI is InChI=1S/C47H52N4O/c1-10-12-17-42-46(45-31(4)23-30(3)24-32(45)5)33(6)49-51(42)36-26-35(47(7,8)9)27-38(28-36)52-37-19-20-40-39-16-13-14-18-41(39)50(43(40)29-37)44-25-34(15-11-2)21-22-48-44/h13-14,16,18-29H,10-12,15,17H2,1-9H3. The number of unbranched alkanes of at least 4 members (excludes halogenated alkanes) is 1. The summed E-state index contributed by atoms with van der Waals surface area (Å²) in [6.45, 7) is 20.1. The van der Waals surface area contributed by atoms with Gasteiger partial charge in [-0.25, -0.2) is 9.67 Å². The van der Waals surface area contributed by atoms with Crippen molar-refractivity contribution in [3.8, 4) is 34.1 Å². The van der Waals surface area contributed by atoms with Crippen LogP contribution in [0.1, 0.15) is 93.1 Å². The number of fused-ring (bicyclic) bond motifs is 3. The zero-order valence-corrected chi connectivity index (χ0v) is 32.4. The number of hydrogen-bond donors (Lipinski definition) is 0. The van der Waals surface area contributed by atoms with Gasteiger partial charge in [0.25, 0.3) is 0 Å². The van der Waals surface area contributed by atoms with E-state index in [1.54, 1.807) is 0 Å². The number of ether oxygens (including phenoxy) is 1. The van der Waals surface area contributed by atoms with Crippen molar-refractivity contribution in [2.45, 2.75) is 99.8 Å². The largest absolute Gasteiger partial charge is 0.457 e. The van der Waals surface area contributed by atoms with Crippen LogP contribution < -0.4 is 4.74 Å². The fraction of sp³-hybridized carbons (Fsp3) is 0.319. The Morgan fingerprint density at radius 2 is 1.44 bits per heavy atom. The van der Waals surface area contributed by atoms with E-state index >= 15 is 0 Å². The van der Waals surface area contributed by atoms with Crippen molar-refractivity contribution in [3.63, 3.8) is 0 Å². The Labute approximate surface area is 309 Å². The Hall–Kier alpha value is -5.16. The average molecular weight is 689 g/mol. The zero-order valence-electron chi connectivity index (χ0n) is 32.4. The molecule has 3 heterocycles. The summed E-state index contributed by atoms with van der Waals surface area (Å²) in [5.74, 6) is 2.51. The number of rotatable bonds is 10. The van der Waals surface area contributed by atoms with E-state index in [9.17, 15) is 0 Å². The van der Waals surface area contributed by atoms with Crippen LogP contribution >= 0.6 is 0 Å². The van der Waals surface area contributed by atoms with Crippen molar-refractivity contribution in [2.24, 2.45) is 0 Å². The lowest BCUT2D eigenvalue weighted by atomic mass is 9.86. The maximum atomic E-state index is 6.85. The highest BCUT2D eigenvalue weighted by atomic mass is 16.5. The molecule has 0 fully saturated rings. The maximum Gasteiger partial charge on any atom is 0.137 e. The van der Waals surface area contributed by atoms with Crippen molar-refractivity contribution in [3.05, 3.63) is 130 Å². The molecule has 0 aliphatic heterocycles. The summed E-state index contributed by atoms with van der Waals surface area (Å²) >= 11 is 0. The Kier molecular flexibility index (Phi) is 9.56. The minimum Gasteiger partial charge on any atom is -0.457 e. The maximum absolute atomic E-state index is 6.85. The second-order valence-corrected chi connectivity index (χ2v) is 15.6. The van der Waals surface area contributed by atoms with Crippen LogP contribution in [0.2, 0.25) is 0 Å². The molecule has 0 aliphatic rings. The molecular formula is C47H52N4O.